The molecule has 9 heteroatoms. The SMILES string of the molecule is O=C(Cn1c(O)c(N=Nc2ccc(F)cc2)c2cc(Cl)ccc21)Nc1ccc(F)cc1. The minimum Gasteiger partial charge on any atom is -0.493 e. The maximum Gasteiger partial charge on any atom is 0.244 e. The first kappa shape index (κ1) is 20.5. The molecule has 156 valence electrons. The molecule has 0 spiro atoms. The molecule has 0 saturated carbocycles. The number of halogens is 3. The quantitative estimate of drug-likeness (QED) is 0.355. The van der Waals surface area contributed by atoms with Gasteiger partial charge in [0, 0.05) is 16.1 Å². The number of carbonyl (C=O) groups excluding carboxylic acids is 1. The van der Waals surface area contributed by atoms with Gasteiger partial charge in [-0.3, -0.25) is 4.79 Å². The second-order valence-electron chi connectivity index (χ2n) is 6.65. The first-order valence-corrected chi connectivity index (χ1v) is 9.52. The molecule has 31 heavy (non-hydrogen) atoms. The third-order valence-corrected chi connectivity index (χ3v) is 4.73. The molecule has 0 atom stereocenters. The van der Waals surface area contributed by atoms with Crippen LogP contribution in [-0.2, 0) is 11.3 Å². The number of aromatic hydroxyl groups is 1. The van der Waals surface area contributed by atoms with E-state index in [2.05, 4.69) is 15.5 Å². The highest BCUT2D eigenvalue weighted by Crippen LogP contribution is 2.40. The van der Waals surface area contributed by atoms with E-state index in [0.29, 0.717) is 27.3 Å². The van der Waals surface area contributed by atoms with E-state index < -0.39 is 17.5 Å². The molecule has 0 saturated heterocycles. The largest absolute Gasteiger partial charge is 0.493 e. The number of hydrogen-bond acceptors (Lipinski definition) is 4. The number of nitrogens with one attached hydrogen (secondary N) is 1. The Morgan fingerprint density at radius 1 is 0.968 bits per heavy atom. The summed E-state index contributed by atoms with van der Waals surface area (Å²) in [5, 5.41) is 22.4. The van der Waals surface area contributed by atoms with Crippen molar-refractivity contribution in [1.29, 1.82) is 0 Å². The number of amides is 1. The average molecular weight is 441 g/mol. The summed E-state index contributed by atoms with van der Waals surface area (Å²) in [6, 6.07) is 15.6. The van der Waals surface area contributed by atoms with Crippen LogP contribution in [0.25, 0.3) is 10.9 Å². The predicted molar refractivity (Wildman–Crippen MR) is 114 cm³/mol. The zero-order chi connectivity index (χ0) is 22.0. The van der Waals surface area contributed by atoms with E-state index >= 15 is 0 Å². The van der Waals surface area contributed by atoms with Gasteiger partial charge in [0.2, 0.25) is 11.8 Å². The molecule has 1 heterocycles. The van der Waals surface area contributed by atoms with E-state index in [1.54, 1.807) is 18.2 Å². The molecule has 0 bridgehead atoms. The van der Waals surface area contributed by atoms with Gasteiger partial charge in [-0.25, -0.2) is 8.78 Å². The van der Waals surface area contributed by atoms with Crippen LogP contribution < -0.4 is 5.32 Å². The highest BCUT2D eigenvalue weighted by molar-refractivity contribution is 6.31. The van der Waals surface area contributed by atoms with E-state index in [9.17, 15) is 18.7 Å². The average Bonchev–Trinajstić information content (AvgIpc) is 2.99. The molecule has 0 unspecified atom stereocenters. The van der Waals surface area contributed by atoms with Gasteiger partial charge in [-0.05, 0) is 66.7 Å². The van der Waals surface area contributed by atoms with Crippen LogP contribution >= 0.6 is 11.6 Å². The summed E-state index contributed by atoms with van der Waals surface area (Å²) in [5.74, 6) is -1.54. The number of nitrogens with zero attached hydrogens (tertiary/aromatic N) is 3. The molecule has 4 rings (SSSR count). The van der Waals surface area contributed by atoms with Gasteiger partial charge in [-0.1, -0.05) is 11.6 Å². The fourth-order valence-corrected chi connectivity index (χ4v) is 3.22. The Kier molecular flexibility index (Phi) is 5.64. The van der Waals surface area contributed by atoms with Crippen molar-refractivity contribution in [3.8, 4) is 5.88 Å². The predicted octanol–water partition coefficient (Wildman–Crippen LogP) is 6.33. The van der Waals surface area contributed by atoms with Crippen LogP contribution in [0, 0.1) is 11.6 Å². The van der Waals surface area contributed by atoms with Gasteiger partial charge in [-0.2, -0.15) is 5.11 Å². The molecule has 0 fully saturated rings. The maximum atomic E-state index is 13.1. The Morgan fingerprint density at radius 2 is 1.61 bits per heavy atom. The maximum absolute atomic E-state index is 13.1. The summed E-state index contributed by atoms with van der Waals surface area (Å²) < 4.78 is 27.5. The van der Waals surface area contributed by atoms with Crippen molar-refractivity contribution in [3.05, 3.63) is 83.4 Å². The van der Waals surface area contributed by atoms with Gasteiger partial charge in [0.1, 0.15) is 18.2 Å². The van der Waals surface area contributed by atoms with Gasteiger partial charge in [-0.15, -0.1) is 5.11 Å². The molecule has 6 nitrogen and oxygen atoms in total. The monoisotopic (exact) mass is 440 g/mol. The Balaban J connectivity index is 1.67. The van der Waals surface area contributed by atoms with Crippen LogP contribution in [0.2, 0.25) is 5.02 Å². The van der Waals surface area contributed by atoms with Gasteiger partial charge >= 0.3 is 0 Å². The van der Waals surface area contributed by atoms with Gasteiger partial charge in [0.05, 0.1) is 11.2 Å². The third kappa shape index (κ3) is 4.54. The van der Waals surface area contributed by atoms with Crippen molar-refractivity contribution in [2.24, 2.45) is 10.2 Å². The number of aromatic nitrogens is 1. The van der Waals surface area contributed by atoms with Crippen molar-refractivity contribution < 1.29 is 18.7 Å². The lowest BCUT2D eigenvalue weighted by Crippen LogP contribution is -2.18. The Morgan fingerprint density at radius 3 is 2.29 bits per heavy atom. The molecular formula is C22H15ClF2N4O2. The lowest BCUT2D eigenvalue weighted by atomic mass is 10.2. The first-order chi connectivity index (χ1) is 14.9. The minimum atomic E-state index is -0.434. The number of fused-ring (bicyclic) bond motifs is 1. The number of benzene rings is 3. The van der Waals surface area contributed by atoms with Crippen LogP contribution in [0.1, 0.15) is 0 Å². The van der Waals surface area contributed by atoms with E-state index in [4.69, 9.17) is 11.6 Å². The van der Waals surface area contributed by atoms with Crippen LogP contribution in [0.15, 0.2) is 77.0 Å². The molecule has 3 aromatic carbocycles. The van der Waals surface area contributed by atoms with Gasteiger partial charge in [0.25, 0.3) is 0 Å². The molecule has 1 amide bonds. The van der Waals surface area contributed by atoms with E-state index in [1.807, 2.05) is 0 Å². The number of carbonyl (C=O) groups is 1. The third-order valence-electron chi connectivity index (χ3n) is 4.49. The van der Waals surface area contributed by atoms with Gasteiger partial charge < -0.3 is 15.0 Å². The minimum absolute atomic E-state index is 0.122. The summed E-state index contributed by atoms with van der Waals surface area (Å²) in [7, 11) is 0. The molecule has 4 aromatic rings. The van der Waals surface area contributed by atoms with Crippen LogP contribution in [0.4, 0.5) is 25.8 Å². The molecule has 0 radical (unpaired) electrons. The highest BCUT2D eigenvalue weighted by Gasteiger charge is 2.19. The van der Waals surface area contributed by atoms with Crippen molar-refractivity contribution >= 4 is 45.5 Å². The fourth-order valence-electron chi connectivity index (χ4n) is 3.05. The summed E-state index contributed by atoms with van der Waals surface area (Å²) in [5.41, 5.74) is 1.44. The highest BCUT2D eigenvalue weighted by atomic mass is 35.5. The van der Waals surface area contributed by atoms with Crippen LogP contribution in [-0.4, -0.2) is 15.6 Å². The molecule has 2 N–H and O–H groups in total. The summed E-state index contributed by atoms with van der Waals surface area (Å²) in [4.78, 5) is 12.5. The number of hydrogen-bond donors (Lipinski definition) is 2. The van der Waals surface area contributed by atoms with Crippen LogP contribution in [0.5, 0.6) is 5.88 Å². The van der Waals surface area contributed by atoms with Crippen molar-refractivity contribution in [3.63, 3.8) is 0 Å². The van der Waals surface area contributed by atoms with E-state index in [1.165, 1.54) is 53.1 Å². The Bertz CT molecular complexity index is 1290. The lowest BCUT2D eigenvalue weighted by Gasteiger charge is -2.08. The van der Waals surface area contributed by atoms with Crippen molar-refractivity contribution in [2.75, 3.05) is 5.32 Å². The van der Waals surface area contributed by atoms with Gasteiger partial charge in [0.15, 0.2) is 5.69 Å². The summed E-state index contributed by atoms with van der Waals surface area (Å²) in [6.45, 7) is -0.229. The first-order valence-electron chi connectivity index (χ1n) is 9.14. The molecule has 0 aliphatic rings. The normalized spacial score (nSPS) is 11.3. The molecular weight excluding hydrogens is 426 g/mol. The lowest BCUT2D eigenvalue weighted by molar-refractivity contribution is -0.116. The molecule has 1 aromatic heterocycles. The van der Waals surface area contributed by atoms with E-state index in [-0.39, 0.29) is 18.1 Å². The summed E-state index contributed by atoms with van der Waals surface area (Å²) >= 11 is 6.10. The van der Waals surface area contributed by atoms with E-state index in [0.717, 1.165) is 0 Å². The van der Waals surface area contributed by atoms with Crippen molar-refractivity contribution in [2.45, 2.75) is 6.54 Å². The molecule has 0 aliphatic heterocycles. The van der Waals surface area contributed by atoms with Crippen LogP contribution in [0.3, 0.4) is 0 Å². The number of rotatable bonds is 5. The standard InChI is InChI=1S/C22H15ClF2N4O2/c23-13-1-10-19-18(11-13)21(28-27-17-8-4-15(25)5-9-17)22(31)29(19)12-20(30)26-16-6-2-14(24)3-7-16/h1-11,31H,12H2,(H,26,30). The smallest absolute Gasteiger partial charge is 0.244 e. The summed E-state index contributed by atoms with van der Waals surface area (Å²) in [6.07, 6.45) is 0. The number of anilines is 1. The van der Waals surface area contributed by atoms with Crippen molar-refractivity contribution in [1.82, 2.24) is 4.57 Å². The zero-order valence-electron chi connectivity index (χ0n) is 15.9. The second kappa shape index (κ2) is 8.53. The Hall–Kier alpha value is -3.78. The second-order valence-corrected chi connectivity index (χ2v) is 7.09. The fraction of sp³-hybridized carbons (Fsp3) is 0.0455. The number of azo groups is 1. The topological polar surface area (TPSA) is 79.0 Å². The molecule has 0 aliphatic carbocycles. The Labute approximate surface area is 180 Å². The zero-order valence-corrected chi connectivity index (χ0v) is 16.6.